The van der Waals surface area contributed by atoms with Crippen LogP contribution in [0, 0.1) is 11.8 Å². The number of benzene rings is 1. The summed E-state index contributed by atoms with van der Waals surface area (Å²) in [6, 6.07) is 8.46. The molecule has 2 aliphatic carbocycles. The van der Waals surface area contributed by atoms with Crippen LogP contribution in [0.5, 0.6) is 0 Å². The van der Waals surface area contributed by atoms with Gasteiger partial charge >= 0.3 is 0 Å². The van der Waals surface area contributed by atoms with Crippen molar-refractivity contribution < 1.29 is 9.59 Å². The Morgan fingerprint density at radius 2 is 1.38 bits per heavy atom. The second kappa shape index (κ2) is 10.7. The summed E-state index contributed by atoms with van der Waals surface area (Å²) in [6.45, 7) is 6.23. The predicted molar refractivity (Wildman–Crippen MR) is 119 cm³/mol. The average molecular weight is 400 g/mol. The van der Waals surface area contributed by atoms with Gasteiger partial charge in [0.25, 0.3) is 0 Å². The fourth-order valence-electron chi connectivity index (χ4n) is 4.77. The van der Waals surface area contributed by atoms with Crippen molar-refractivity contribution >= 4 is 23.2 Å². The molecule has 2 aliphatic rings. The Bertz CT molecular complexity index is 655. The van der Waals surface area contributed by atoms with Crippen LogP contribution >= 0.6 is 0 Å². The topological polar surface area (TPSA) is 61.4 Å². The maximum absolute atomic E-state index is 12.7. The zero-order chi connectivity index (χ0) is 20.6. The van der Waals surface area contributed by atoms with Gasteiger partial charge in [0.1, 0.15) is 0 Å². The Labute approximate surface area is 175 Å². The van der Waals surface area contributed by atoms with E-state index in [1.807, 2.05) is 12.1 Å². The lowest BCUT2D eigenvalue weighted by molar-refractivity contribution is -0.129. The highest BCUT2D eigenvalue weighted by molar-refractivity contribution is 5.93. The Hall–Kier alpha value is -2.04. The molecule has 2 fully saturated rings. The van der Waals surface area contributed by atoms with Gasteiger partial charge < -0.3 is 15.5 Å². The fraction of sp³-hybridized carbons (Fsp3) is 0.667. The minimum absolute atomic E-state index is 0.0104. The zero-order valence-corrected chi connectivity index (χ0v) is 18.1. The molecule has 0 radical (unpaired) electrons. The predicted octanol–water partition coefficient (Wildman–Crippen LogP) is 4.73. The van der Waals surface area contributed by atoms with Gasteiger partial charge in [-0.3, -0.25) is 9.59 Å². The summed E-state index contributed by atoms with van der Waals surface area (Å²) in [5.74, 6) is 0.389. The van der Waals surface area contributed by atoms with Crippen molar-refractivity contribution in [2.45, 2.75) is 77.7 Å². The summed E-state index contributed by atoms with van der Waals surface area (Å²) < 4.78 is 0. The number of hydrogen-bond acceptors (Lipinski definition) is 3. The summed E-state index contributed by atoms with van der Waals surface area (Å²) in [7, 11) is 0. The average Bonchev–Trinajstić information content (AvgIpc) is 2.76. The Morgan fingerprint density at radius 1 is 0.828 bits per heavy atom. The summed E-state index contributed by atoms with van der Waals surface area (Å²) in [6.07, 6.45) is 9.23. The SMILES string of the molecule is CCN(CC)c1ccc(NC(=O)C2CCC(C(=O)NC3CCCCC3)CC2)cc1. The van der Waals surface area contributed by atoms with E-state index in [0.717, 1.165) is 57.3 Å². The van der Waals surface area contributed by atoms with Crippen LogP contribution in [0.25, 0.3) is 0 Å². The van der Waals surface area contributed by atoms with E-state index < -0.39 is 0 Å². The van der Waals surface area contributed by atoms with Crippen molar-refractivity contribution in [3.63, 3.8) is 0 Å². The number of hydrogen-bond donors (Lipinski definition) is 2. The molecule has 1 aromatic rings. The standard InChI is InChI=1S/C24H37N3O2/c1-3-27(4-2)22-16-14-21(15-17-22)26-24(29)19-12-10-18(11-13-19)23(28)25-20-8-6-5-7-9-20/h14-20H,3-13H2,1-2H3,(H,25,28)(H,26,29). The third-order valence-electron chi connectivity index (χ3n) is 6.68. The molecule has 0 aliphatic heterocycles. The molecular formula is C24H37N3O2. The normalized spacial score (nSPS) is 22.7. The lowest BCUT2D eigenvalue weighted by Crippen LogP contribution is -2.41. The molecule has 160 valence electrons. The van der Waals surface area contributed by atoms with Crippen LogP contribution in [-0.4, -0.2) is 30.9 Å². The number of nitrogens with zero attached hydrogens (tertiary/aromatic N) is 1. The molecule has 0 spiro atoms. The molecule has 29 heavy (non-hydrogen) atoms. The van der Waals surface area contributed by atoms with Crippen molar-refractivity contribution in [1.82, 2.24) is 5.32 Å². The van der Waals surface area contributed by atoms with Crippen molar-refractivity contribution in [2.75, 3.05) is 23.3 Å². The maximum atomic E-state index is 12.7. The summed E-state index contributed by atoms with van der Waals surface area (Å²) >= 11 is 0. The van der Waals surface area contributed by atoms with Crippen molar-refractivity contribution in [1.29, 1.82) is 0 Å². The van der Waals surface area contributed by atoms with E-state index in [-0.39, 0.29) is 23.7 Å². The molecule has 0 bridgehead atoms. The fourth-order valence-corrected chi connectivity index (χ4v) is 4.77. The largest absolute Gasteiger partial charge is 0.372 e. The van der Waals surface area contributed by atoms with E-state index in [1.54, 1.807) is 0 Å². The summed E-state index contributed by atoms with van der Waals surface area (Å²) in [5.41, 5.74) is 2.03. The minimum atomic E-state index is 0.0104. The second-order valence-electron chi connectivity index (χ2n) is 8.60. The van der Waals surface area contributed by atoms with Crippen molar-refractivity contribution in [2.24, 2.45) is 11.8 Å². The first-order valence-electron chi connectivity index (χ1n) is 11.6. The van der Waals surface area contributed by atoms with Crippen LogP contribution in [0.2, 0.25) is 0 Å². The molecule has 5 heteroatoms. The van der Waals surface area contributed by atoms with Gasteiger partial charge in [-0.1, -0.05) is 19.3 Å². The molecule has 0 unspecified atom stereocenters. The van der Waals surface area contributed by atoms with E-state index in [0.29, 0.717) is 6.04 Å². The van der Waals surface area contributed by atoms with Gasteiger partial charge in [0.05, 0.1) is 0 Å². The number of amides is 2. The van der Waals surface area contributed by atoms with E-state index in [4.69, 9.17) is 0 Å². The highest BCUT2D eigenvalue weighted by Crippen LogP contribution is 2.30. The number of nitrogens with one attached hydrogen (secondary N) is 2. The lowest BCUT2D eigenvalue weighted by atomic mass is 9.80. The first-order valence-corrected chi connectivity index (χ1v) is 11.6. The monoisotopic (exact) mass is 399 g/mol. The maximum Gasteiger partial charge on any atom is 0.227 e. The van der Waals surface area contributed by atoms with Crippen LogP contribution in [-0.2, 0) is 9.59 Å². The number of carbonyl (C=O) groups excluding carboxylic acids is 2. The van der Waals surface area contributed by atoms with Crippen molar-refractivity contribution in [3.05, 3.63) is 24.3 Å². The highest BCUT2D eigenvalue weighted by Gasteiger charge is 2.31. The van der Waals surface area contributed by atoms with Gasteiger partial charge in [-0.15, -0.1) is 0 Å². The molecule has 2 saturated carbocycles. The Balaban J connectivity index is 1.44. The number of anilines is 2. The molecule has 5 nitrogen and oxygen atoms in total. The molecule has 0 heterocycles. The highest BCUT2D eigenvalue weighted by atomic mass is 16.2. The molecule has 0 atom stereocenters. The van der Waals surface area contributed by atoms with E-state index in [2.05, 4.69) is 41.5 Å². The Kier molecular flexibility index (Phi) is 7.96. The zero-order valence-electron chi connectivity index (χ0n) is 18.1. The molecule has 0 saturated heterocycles. The van der Waals surface area contributed by atoms with Crippen molar-refractivity contribution in [3.8, 4) is 0 Å². The third-order valence-corrected chi connectivity index (χ3v) is 6.68. The number of rotatable bonds is 7. The number of carbonyl (C=O) groups is 2. The molecule has 1 aromatic carbocycles. The molecular weight excluding hydrogens is 362 g/mol. The van der Waals surface area contributed by atoms with Crippen LogP contribution in [0.15, 0.2) is 24.3 Å². The van der Waals surface area contributed by atoms with Crippen LogP contribution in [0.1, 0.15) is 71.6 Å². The summed E-state index contributed by atoms with van der Waals surface area (Å²) in [4.78, 5) is 27.5. The van der Waals surface area contributed by atoms with Gasteiger partial charge in [-0.2, -0.15) is 0 Å². The Morgan fingerprint density at radius 3 is 1.93 bits per heavy atom. The minimum Gasteiger partial charge on any atom is -0.372 e. The van der Waals surface area contributed by atoms with E-state index in [1.165, 1.54) is 24.9 Å². The van der Waals surface area contributed by atoms with Gasteiger partial charge in [0.2, 0.25) is 11.8 Å². The third kappa shape index (κ3) is 5.97. The lowest BCUT2D eigenvalue weighted by Gasteiger charge is -2.30. The molecule has 3 rings (SSSR count). The first-order chi connectivity index (χ1) is 14.1. The summed E-state index contributed by atoms with van der Waals surface area (Å²) in [5, 5.41) is 6.32. The van der Waals surface area contributed by atoms with Crippen LogP contribution in [0.3, 0.4) is 0 Å². The van der Waals surface area contributed by atoms with Crippen LogP contribution in [0.4, 0.5) is 11.4 Å². The van der Waals surface area contributed by atoms with E-state index >= 15 is 0 Å². The first kappa shape index (κ1) is 21.7. The smallest absolute Gasteiger partial charge is 0.227 e. The molecule has 2 amide bonds. The van der Waals surface area contributed by atoms with Gasteiger partial charge in [-0.25, -0.2) is 0 Å². The van der Waals surface area contributed by atoms with Gasteiger partial charge in [0.15, 0.2) is 0 Å². The van der Waals surface area contributed by atoms with E-state index in [9.17, 15) is 9.59 Å². The van der Waals surface area contributed by atoms with Crippen LogP contribution < -0.4 is 15.5 Å². The molecule has 2 N–H and O–H groups in total. The van der Waals surface area contributed by atoms with Gasteiger partial charge in [-0.05, 0) is 76.6 Å². The quantitative estimate of drug-likeness (QED) is 0.697. The van der Waals surface area contributed by atoms with Gasteiger partial charge in [0, 0.05) is 42.3 Å². The molecule has 0 aromatic heterocycles. The second-order valence-corrected chi connectivity index (χ2v) is 8.60.